The number of fused-ring (bicyclic) bond motifs is 2. The van der Waals surface area contributed by atoms with Crippen molar-refractivity contribution in [1.82, 2.24) is 4.98 Å². The third-order valence-electron chi connectivity index (χ3n) is 3.96. The minimum absolute atomic E-state index is 0.0201. The molecule has 1 aromatic carbocycles. The Hall–Kier alpha value is -2.90. The van der Waals surface area contributed by atoms with Gasteiger partial charge in [0.2, 0.25) is 5.95 Å². The van der Waals surface area contributed by atoms with Gasteiger partial charge in [-0.05, 0) is 24.3 Å². The van der Waals surface area contributed by atoms with Crippen LogP contribution in [0.5, 0.6) is 5.75 Å². The van der Waals surface area contributed by atoms with Crippen LogP contribution in [0.25, 0.3) is 22.3 Å². The summed E-state index contributed by atoms with van der Waals surface area (Å²) in [4.78, 5) is 16.0. The molecule has 0 aliphatic rings. The van der Waals surface area contributed by atoms with Crippen LogP contribution in [0.2, 0.25) is 10.0 Å². The highest BCUT2D eigenvalue weighted by molar-refractivity contribution is 6.42. The van der Waals surface area contributed by atoms with Crippen LogP contribution in [0.15, 0.2) is 40.9 Å². The zero-order chi connectivity index (χ0) is 19.3. The molecule has 0 spiro atoms. The third-order valence-corrected chi connectivity index (χ3v) is 4.70. The van der Waals surface area contributed by atoms with E-state index in [1.54, 1.807) is 0 Å². The first-order valence-electron chi connectivity index (χ1n) is 7.51. The number of benzene rings is 2. The highest BCUT2D eigenvalue weighted by Crippen LogP contribution is 2.44. The van der Waals surface area contributed by atoms with Crippen molar-refractivity contribution in [2.24, 2.45) is 0 Å². The van der Waals surface area contributed by atoms with Crippen molar-refractivity contribution >= 4 is 46.0 Å². The molecule has 4 aromatic rings. The number of aromatic hydroxyl groups is 1. The summed E-state index contributed by atoms with van der Waals surface area (Å²) in [6.07, 6.45) is 1.05. The number of anilines is 1. The molecule has 1 amide bonds. The van der Waals surface area contributed by atoms with Crippen molar-refractivity contribution in [2.75, 3.05) is 5.32 Å². The Bertz CT molecular complexity index is 1190. The van der Waals surface area contributed by atoms with Gasteiger partial charge >= 0.3 is 0 Å². The highest BCUT2D eigenvalue weighted by atomic mass is 35.5. The number of phenolic OH excluding ortho intramolecular Hbond substituents is 1. The number of hydrogen-bond acceptors (Lipinski definition) is 4. The zero-order valence-electron chi connectivity index (χ0n) is 13.2. The number of nitrogens with zero attached hydrogens (tertiary/aromatic N) is 1. The molecule has 0 aliphatic heterocycles. The van der Waals surface area contributed by atoms with Crippen LogP contribution in [-0.2, 0) is 0 Å². The van der Waals surface area contributed by atoms with Crippen molar-refractivity contribution < 1.29 is 23.1 Å². The van der Waals surface area contributed by atoms with Crippen molar-refractivity contribution in [1.29, 1.82) is 0 Å². The molecule has 0 unspecified atom stereocenters. The van der Waals surface area contributed by atoms with Crippen LogP contribution in [0.3, 0.4) is 0 Å². The maximum atomic E-state index is 14.3. The Balaban J connectivity index is 1.83. The number of pyridine rings is 1. The van der Waals surface area contributed by atoms with Gasteiger partial charge in [-0.25, -0.2) is 9.37 Å². The first-order chi connectivity index (χ1) is 12.9. The van der Waals surface area contributed by atoms with Crippen LogP contribution < -0.4 is 5.32 Å². The molecule has 0 atom stereocenters. The molecule has 5 nitrogen and oxygen atoms in total. The van der Waals surface area contributed by atoms with E-state index >= 15 is 0 Å². The van der Waals surface area contributed by atoms with Gasteiger partial charge in [0.05, 0.1) is 15.6 Å². The summed E-state index contributed by atoms with van der Waals surface area (Å²) in [6, 6.07) is 6.87. The minimum atomic E-state index is -1.33. The molecule has 4 rings (SSSR count). The number of phenols is 1. The van der Waals surface area contributed by atoms with E-state index in [4.69, 9.17) is 27.6 Å². The molecule has 3 aromatic heterocycles. The fourth-order valence-corrected chi connectivity index (χ4v) is 3.08. The number of amides is 1. The molecule has 0 fully saturated rings. The maximum Gasteiger partial charge on any atom is 0.260 e. The standard InChI is InChI=1S/C18H8Cl2F2N2O3/c19-9-2-1-7(5-10(9)20)24-18(26)14-12-6-11(25)16(27-12)13(14)8-3-4-23-17(22)15(8)21/h1-6,25H,(H,24,26). The Morgan fingerprint density at radius 3 is 2.67 bits per heavy atom. The van der Waals surface area contributed by atoms with E-state index in [2.05, 4.69) is 10.3 Å². The lowest BCUT2D eigenvalue weighted by molar-refractivity contribution is 0.102. The Kier molecular flexibility index (Phi) is 4.13. The summed E-state index contributed by atoms with van der Waals surface area (Å²) < 4.78 is 33.2. The second-order valence-electron chi connectivity index (χ2n) is 5.62. The predicted octanol–water partition coefficient (Wildman–Crippen LogP) is 5.48. The lowest BCUT2D eigenvalue weighted by Crippen LogP contribution is -2.13. The second kappa shape index (κ2) is 6.37. The number of halogens is 4. The number of carbonyl (C=O) groups excluding carboxylic acids is 1. The van der Waals surface area contributed by atoms with E-state index < -0.39 is 17.7 Å². The molecule has 27 heavy (non-hydrogen) atoms. The number of aromatic nitrogens is 1. The van der Waals surface area contributed by atoms with E-state index in [0.717, 1.165) is 6.20 Å². The van der Waals surface area contributed by atoms with E-state index in [1.807, 2.05) is 0 Å². The van der Waals surface area contributed by atoms with Gasteiger partial charge < -0.3 is 14.8 Å². The predicted molar refractivity (Wildman–Crippen MR) is 96.6 cm³/mol. The quantitative estimate of drug-likeness (QED) is 0.440. The average molecular weight is 409 g/mol. The summed E-state index contributed by atoms with van der Waals surface area (Å²) in [5, 5.41) is 13.0. The second-order valence-corrected chi connectivity index (χ2v) is 6.44. The van der Waals surface area contributed by atoms with Crippen LogP contribution in [0.1, 0.15) is 10.4 Å². The molecule has 2 bridgehead atoms. The van der Waals surface area contributed by atoms with Gasteiger partial charge in [0.15, 0.2) is 17.1 Å². The Morgan fingerprint density at radius 1 is 1.15 bits per heavy atom. The van der Waals surface area contributed by atoms with Crippen molar-refractivity contribution in [3.63, 3.8) is 0 Å². The topological polar surface area (TPSA) is 75.4 Å². The number of carbonyl (C=O) groups is 1. The van der Waals surface area contributed by atoms with Gasteiger partial charge in [-0.15, -0.1) is 0 Å². The molecule has 3 heterocycles. The smallest absolute Gasteiger partial charge is 0.260 e. The van der Waals surface area contributed by atoms with Gasteiger partial charge in [-0.3, -0.25) is 4.79 Å². The summed E-state index contributed by atoms with van der Waals surface area (Å²) in [5.41, 5.74) is -0.157. The maximum absolute atomic E-state index is 14.3. The van der Waals surface area contributed by atoms with Gasteiger partial charge in [-0.2, -0.15) is 4.39 Å². The van der Waals surface area contributed by atoms with Gasteiger partial charge in [0.1, 0.15) is 5.58 Å². The van der Waals surface area contributed by atoms with Crippen molar-refractivity contribution in [3.8, 4) is 16.9 Å². The monoisotopic (exact) mass is 408 g/mol. The van der Waals surface area contributed by atoms with Crippen LogP contribution in [0.4, 0.5) is 14.5 Å². The molecule has 0 saturated heterocycles. The molecule has 2 N–H and O–H groups in total. The molecular weight excluding hydrogens is 401 g/mol. The lowest BCUT2D eigenvalue weighted by Gasteiger charge is -2.09. The molecular formula is C18H8Cl2F2N2O3. The first kappa shape index (κ1) is 17.5. The van der Waals surface area contributed by atoms with Gasteiger partial charge in [0.25, 0.3) is 5.91 Å². The first-order valence-corrected chi connectivity index (χ1v) is 8.27. The molecule has 9 heteroatoms. The van der Waals surface area contributed by atoms with E-state index in [9.17, 15) is 18.7 Å². The average Bonchev–Trinajstić information content (AvgIpc) is 3.17. The normalized spacial score (nSPS) is 11.3. The van der Waals surface area contributed by atoms with E-state index in [-0.39, 0.29) is 38.6 Å². The fourth-order valence-electron chi connectivity index (χ4n) is 2.78. The molecule has 0 radical (unpaired) electrons. The Morgan fingerprint density at radius 2 is 1.93 bits per heavy atom. The van der Waals surface area contributed by atoms with E-state index in [0.29, 0.717) is 10.7 Å². The fraction of sp³-hybridized carbons (Fsp3) is 0. The van der Waals surface area contributed by atoms with Crippen molar-refractivity contribution in [2.45, 2.75) is 0 Å². The summed E-state index contributed by atoms with van der Waals surface area (Å²) in [5.74, 6) is -3.54. The van der Waals surface area contributed by atoms with Crippen molar-refractivity contribution in [3.05, 3.63) is 63.9 Å². The molecule has 136 valence electrons. The number of rotatable bonds is 3. The number of hydrogen-bond donors (Lipinski definition) is 2. The number of furan rings is 2. The highest BCUT2D eigenvalue weighted by Gasteiger charge is 2.29. The minimum Gasteiger partial charge on any atom is -0.504 e. The van der Waals surface area contributed by atoms with Gasteiger partial charge in [0, 0.05) is 29.1 Å². The third kappa shape index (κ3) is 2.85. The van der Waals surface area contributed by atoms with Gasteiger partial charge in [-0.1, -0.05) is 23.2 Å². The van der Waals surface area contributed by atoms with E-state index in [1.165, 1.54) is 30.3 Å². The Labute approximate surface area is 160 Å². The van der Waals surface area contributed by atoms with Crippen LogP contribution in [0, 0.1) is 11.8 Å². The summed E-state index contributed by atoms with van der Waals surface area (Å²) in [6.45, 7) is 0. The lowest BCUT2D eigenvalue weighted by atomic mass is 9.99. The summed E-state index contributed by atoms with van der Waals surface area (Å²) >= 11 is 11.8. The summed E-state index contributed by atoms with van der Waals surface area (Å²) in [7, 11) is 0. The van der Waals surface area contributed by atoms with Crippen LogP contribution in [-0.4, -0.2) is 16.0 Å². The number of nitrogens with one attached hydrogen (secondary N) is 1. The zero-order valence-corrected chi connectivity index (χ0v) is 14.7. The molecule has 0 saturated carbocycles. The SMILES string of the molecule is O=C(Nc1ccc(Cl)c(Cl)c1)c1c(-c2ccnc(F)c2F)c2oc1cc2O. The largest absolute Gasteiger partial charge is 0.504 e. The molecule has 0 aliphatic carbocycles. The van der Waals surface area contributed by atoms with Crippen LogP contribution >= 0.6 is 23.2 Å².